The minimum Gasteiger partial charge on any atom is -0.467 e. The second-order valence-electron chi connectivity index (χ2n) is 3.10. The summed E-state index contributed by atoms with van der Waals surface area (Å²) in [5, 5.41) is 0. The average molecular weight is 238 g/mol. The Kier molecular flexibility index (Phi) is 2.82. The highest BCUT2D eigenvalue weighted by atomic mass is 19.1. The summed E-state index contributed by atoms with van der Waals surface area (Å²) < 4.78 is 31.7. The van der Waals surface area contributed by atoms with Gasteiger partial charge in [0.05, 0.1) is 12.7 Å². The monoisotopic (exact) mass is 238 g/mol. The van der Waals surface area contributed by atoms with Crippen molar-refractivity contribution in [1.29, 1.82) is 0 Å². The van der Waals surface area contributed by atoms with Gasteiger partial charge in [0.25, 0.3) is 0 Å². The number of nitrogens with two attached hydrogens (primary N) is 1. The highest BCUT2D eigenvalue weighted by Gasteiger charge is 2.15. The van der Waals surface area contributed by atoms with Crippen molar-refractivity contribution in [2.45, 2.75) is 0 Å². The third kappa shape index (κ3) is 2.12. The van der Waals surface area contributed by atoms with Gasteiger partial charge in [0.1, 0.15) is 11.6 Å². The molecule has 1 aromatic heterocycles. The molecule has 0 saturated carbocycles. The van der Waals surface area contributed by atoms with Crippen molar-refractivity contribution < 1.29 is 13.5 Å². The van der Waals surface area contributed by atoms with Crippen LogP contribution < -0.4 is 10.5 Å². The first kappa shape index (κ1) is 11.2. The van der Waals surface area contributed by atoms with Gasteiger partial charge in [-0.25, -0.2) is 8.78 Å². The summed E-state index contributed by atoms with van der Waals surface area (Å²) in [5.74, 6) is -1.94. The van der Waals surface area contributed by atoms with E-state index in [1.165, 1.54) is 13.2 Å². The number of benzene rings is 1. The molecule has 17 heavy (non-hydrogen) atoms. The third-order valence-corrected chi connectivity index (χ3v) is 2.00. The molecule has 0 saturated heterocycles. The molecule has 0 amide bonds. The maximum absolute atomic E-state index is 13.5. The van der Waals surface area contributed by atoms with Crippen molar-refractivity contribution in [3.63, 3.8) is 0 Å². The zero-order chi connectivity index (χ0) is 12.4. The minimum absolute atomic E-state index is 0.102. The number of ether oxygens (including phenoxy) is 1. The maximum atomic E-state index is 13.5. The van der Waals surface area contributed by atoms with Crippen LogP contribution >= 0.6 is 0 Å². The van der Waals surface area contributed by atoms with Crippen LogP contribution in [0, 0.1) is 11.6 Å². The van der Waals surface area contributed by atoms with Crippen LogP contribution in [0.4, 0.5) is 14.7 Å². The molecule has 0 aliphatic rings. The molecule has 0 aliphatic carbocycles. The first-order chi connectivity index (χ1) is 8.11. The number of hydrogen-bond acceptors (Lipinski definition) is 5. The van der Waals surface area contributed by atoms with E-state index in [1.807, 2.05) is 0 Å². The standard InChI is InChI=1S/C10H8F2N4O/c1-17-10-15-8(14-9(13)16-10)7-5(11)3-2-4-6(7)12/h2-4H,1H3,(H2,13,14,15,16). The van der Waals surface area contributed by atoms with E-state index in [2.05, 4.69) is 15.0 Å². The van der Waals surface area contributed by atoms with Crippen molar-refractivity contribution in [3.8, 4) is 17.4 Å². The smallest absolute Gasteiger partial charge is 0.321 e. The van der Waals surface area contributed by atoms with Gasteiger partial charge in [0, 0.05) is 0 Å². The second-order valence-corrected chi connectivity index (χ2v) is 3.10. The van der Waals surface area contributed by atoms with E-state index in [0.717, 1.165) is 12.1 Å². The zero-order valence-corrected chi connectivity index (χ0v) is 8.82. The lowest BCUT2D eigenvalue weighted by Gasteiger charge is -2.05. The lowest BCUT2D eigenvalue weighted by atomic mass is 10.2. The molecule has 88 valence electrons. The van der Waals surface area contributed by atoms with Gasteiger partial charge in [-0.15, -0.1) is 0 Å². The van der Waals surface area contributed by atoms with Crippen LogP contribution in [0.15, 0.2) is 18.2 Å². The van der Waals surface area contributed by atoms with Crippen LogP contribution in [0.1, 0.15) is 0 Å². The van der Waals surface area contributed by atoms with Crippen molar-refractivity contribution in [3.05, 3.63) is 29.8 Å². The molecule has 2 N–H and O–H groups in total. The number of nitrogen functional groups attached to an aromatic ring is 1. The summed E-state index contributed by atoms with van der Waals surface area (Å²) in [4.78, 5) is 11.0. The third-order valence-electron chi connectivity index (χ3n) is 2.00. The molecule has 5 nitrogen and oxygen atoms in total. The summed E-state index contributed by atoms with van der Waals surface area (Å²) in [5.41, 5.74) is 5.02. The van der Waals surface area contributed by atoms with Crippen LogP contribution in [0.25, 0.3) is 11.4 Å². The number of hydrogen-bond donors (Lipinski definition) is 1. The molecule has 0 bridgehead atoms. The highest BCUT2D eigenvalue weighted by molar-refractivity contribution is 5.57. The quantitative estimate of drug-likeness (QED) is 0.856. The molecule has 2 aromatic rings. The zero-order valence-electron chi connectivity index (χ0n) is 8.82. The molecule has 0 atom stereocenters. The fraction of sp³-hybridized carbons (Fsp3) is 0.100. The maximum Gasteiger partial charge on any atom is 0.321 e. The van der Waals surface area contributed by atoms with Gasteiger partial charge in [-0.3, -0.25) is 0 Å². The fourth-order valence-corrected chi connectivity index (χ4v) is 1.29. The van der Waals surface area contributed by atoms with Gasteiger partial charge in [-0.2, -0.15) is 15.0 Å². The molecule has 0 radical (unpaired) electrons. The van der Waals surface area contributed by atoms with Crippen LogP contribution in [0.3, 0.4) is 0 Å². The topological polar surface area (TPSA) is 73.9 Å². The van der Waals surface area contributed by atoms with E-state index in [1.54, 1.807) is 0 Å². The van der Waals surface area contributed by atoms with Crippen molar-refractivity contribution >= 4 is 5.95 Å². The number of halogens is 2. The van der Waals surface area contributed by atoms with E-state index in [0.29, 0.717) is 0 Å². The Morgan fingerprint density at radius 3 is 2.35 bits per heavy atom. The molecule has 0 fully saturated rings. The summed E-state index contributed by atoms with van der Waals surface area (Å²) in [6.07, 6.45) is 0. The van der Waals surface area contributed by atoms with Gasteiger partial charge in [-0.05, 0) is 12.1 Å². The minimum atomic E-state index is -0.780. The predicted molar refractivity (Wildman–Crippen MR) is 56.1 cm³/mol. The van der Waals surface area contributed by atoms with Crippen molar-refractivity contribution in [2.24, 2.45) is 0 Å². The fourth-order valence-electron chi connectivity index (χ4n) is 1.29. The highest BCUT2D eigenvalue weighted by Crippen LogP contribution is 2.24. The molecular formula is C10H8F2N4O. The van der Waals surface area contributed by atoms with E-state index in [-0.39, 0.29) is 23.3 Å². The summed E-state index contributed by atoms with van der Waals surface area (Å²) in [6.45, 7) is 0. The van der Waals surface area contributed by atoms with Crippen molar-refractivity contribution in [1.82, 2.24) is 15.0 Å². The Labute approximate surface area is 95.3 Å². The predicted octanol–water partition coefficient (Wildman–Crippen LogP) is 1.41. The van der Waals surface area contributed by atoms with Crippen LogP contribution in [-0.2, 0) is 0 Å². The Morgan fingerprint density at radius 2 is 1.76 bits per heavy atom. The molecule has 0 aliphatic heterocycles. The molecule has 2 rings (SSSR count). The van der Waals surface area contributed by atoms with Gasteiger partial charge in [0.2, 0.25) is 5.95 Å². The Morgan fingerprint density at radius 1 is 1.12 bits per heavy atom. The van der Waals surface area contributed by atoms with Gasteiger partial charge < -0.3 is 10.5 Å². The van der Waals surface area contributed by atoms with Gasteiger partial charge in [0.15, 0.2) is 5.82 Å². The summed E-state index contributed by atoms with van der Waals surface area (Å²) >= 11 is 0. The Hall–Kier alpha value is -2.31. The Bertz CT molecular complexity index is 542. The summed E-state index contributed by atoms with van der Waals surface area (Å²) in [7, 11) is 1.32. The number of nitrogens with zero attached hydrogens (tertiary/aromatic N) is 3. The number of rotatable bonds is 2. The second kappa shape index (κ2) is 4.28. The van der Waals surface area contributed by atoms with Crippen LogP contribution in [0.5, 0.6) is 6.01 Å². The number of methoxy groups -OCH3 is 1. The van der Waals surface area contributed by atoms with E-state index in [4.69, 9.17) is 10.5 Å². The average Bonchev–Trinajstić information content (AvgIpc) is 2.28. The van der Waals surface area contributed by atoms with E-state index < -0.39 is 11.6 Å². The molecule has 7 heteroatoms. The largest absolute Gasteiger partial charge is 0.467 e. The lowest BCUT2D eigenvalue weighted by molar-refractivity contribution is 0.379. The number of anilines is 1. The summed E-state index contributed by atoms with van der Waals surface area (Å²) in [6, 6.07) is 3.35. The normalized spacial score (nSPS) is 10.3. The van der Waals surface area contributed by atoms with Gasteiger partial charge >= 0.3 is 6.01 Å². The van der Waals surface area contributed by atoms with Crippen LogP contribution in [0.2, 0.25) is 0 Å². The van der Waals surface area contributed by atoms with Crippen LogP contribution in [-0.4, -0.2) is 22.1 Å². The molecule has 1 aromatic carbocycles. The first-order valence-electron chi connectivity index (χ1n) is 4.61. The van der Waals surface area contributed by atoms with Gasteiger partial charge in [-0.1, -0.05) is 6.07 Å². The SMILES string of the molecule is COc1nc(N)nc(-c2c(F)cccc2F)n1. The molecule has 0 spiro atoms. The van der Waals surface area contributed by atoms with E-state index in [9.17, 15) is 8.78 Å². The molecule has 1 heterocycles. The Balaban J connectivity index is 2.64. The van der Waals surface area contributed by atoms with Crippen molar-refractivity contribution in [2.75, 3.05) is 12.8 Å². The lowest BCUT2D eigenvalue weighted by Crippen LogP contribution is -2.04. The molecular weight excluding hydrogens is 230 g/mol. The number of aromatic nitrogens is 3. The molecule has 0 unspecified atom stereocenters. The van der Waals surface area contributed by atoms with E-state index >= 15 is 0 Å². The first-order valence-corrected chi connectivity index (χ1v) is 4.61.